The first-order valence-corrected chi connectivity index (χ1v) is 11.6. The van der Waals surface area contributed by atoms with Gasteiger partial charge in [0.2, 0.25) is 5.91 Å². The molecule has 30 heavy (non-hydrogen) atoms. The predicted molar refractivity (Wildman–Crippen MR) is 123 cm³/mol. The molecular weight excluding hydrogens is 378 g/mol. The van der Waals surface area contributed by atoms with E-state index in [1.165, 1.54) is 76.0 Å². The third-order valence-corrected chi connectivity index (χ3v) is 5.18. The number of carbonyl (C=O) groups is 2. The Morgan fingerprint density at radius 1 is 0.867 bits per heavy atom. The molecule has 3 N–H and O–H groups in total. The Kier molecular flexibility index (Phi) is 14.1. The minimum Gasteiger partial charge on any atom is -0.507 e. The van der Waals surface area contributed by atoms with Gasteiger partial charge >= 0.3 is 5.97 Å². The van der Waals surface area contributed by atoms with Crippen molar-refractivity contribution in [1.29, 1.82) is 0 Å². The van der Waals surface area contributed by atoms with Crippen LogP contribution in [-0.4, -0.2) is 22.1 Å². The molecule has 0 saturated carbocycles. The number of allylic oxidation sites excluding steroid dienone is 2. The van der Waals surface area contributed by atoms with Crippen molar-refractivity contribution in [3.63, 3.8) is 0 Å². The van der Waals surface area contributed by atoms with Crippen LogP contribution in [0.4, 0.5) is 5.69 Å². The van der Waals surface area contributed by atoms with Gasteiger partial charge in [-0.05, 0) is 44.2 Å². The van der Waals surface area contributed by atoms with Crippen molar-refractivity contribution in [1.82, 2.24) is 0 Å². The molecule has 5 heteroatoms. The van der Waals surface area contributed by atoms with E-state index < -0.39 is 5.97 Å². The number of carboxylic acids is 1. The topological polar surface area (TPSA) is 86.6 Å². The van der Waals surface area contributed by atoms with E-state index in [4.69, 9.17) is 5.11 Å². The first-order valence-electron chi connectivity index (χ1n) is 11.6. The van der Waals surface area contributed by atoms with Gasteiger partial charge in [-0.3, -0.25) is 4.79 Å². The summed E-state index contributed by atoms with van der Waals surface area (Å²) < 4.78 is 0. The van der Waals surface area contributed by atoms with Crippen molar-refractivity contribution in [2.24, 2.45) is 0 Å². The smallest absolute Gasteiger partial charge is 0.339 e. The summed E-state index contributed by atoms with van der Waals surface area (Å²) in [5.41, 5.74) is 0.237. The zero-order chi connectivity index (χ0) is 22.0. The van der Waals surface area contributed by atoms with Crippen molar-refractivity contribution in [3.8, 4) is 5.75 Å². The number of carbonyl (C=O) groups excluding carboxylic acids is 1. The number of hydrogen-bond donors (Lipinski definition) is 3. The molecule has 168 valence electrons. The van der Waals surface area contributed by atoms with E-state index in [9.17, 15) is 14.7 Å². The minimum absolute atomic E-state index is 0.116. The van der Waals surface area contributed by atoms with Gasteiger partial charge in [0, 0.05) is 18.2 Å². The standard InChI is InChI=1S/C25H39NO4/c1-2-3-4-5-6-7-8-9-10-11-12-13-14-15-16-17-24(28)26-21-18-19-22(25(29)30)23(27)20-21/h9-10,18-20,27H,2-8,11-17H2,1H3,(H,26,28)(H,29,30)/b10-9-. The van der Waals surface area contributed by atoms with Crippen LogP contribution in [0.1, 0.15) is 107 Å². The number of aromatic carboxylic acids is 1. The zero-order valence-electron chi connectivity index (χ0n) is 18.5. The molecule has 0 bridgehead atoms. The maximum Gasteiger partial charge on any atom is 0.339 e. The first-order chi connectivity index (χ1) is 14.5. The van der Waals surface area contributed by atoms with Gasteiger partial charge in [-0.25, -0.2) is 4.79 Å². The number of unbranched alkanes of at least 4 members (excludes halogenated alkanes) is 11. The van der Waals surface area contributed by atoms with Crippen LogP contribution >= 0.6 is 0 Å². The number of benzene rings is 1. The average molecular weight is 418 g/mol. The van der Waals surface area contributed by atoms with Crippen LogP contribution in [-0.2, 0) is 4.79 Å². The van der Waals surface area contributed by atoms with E-state index >= 15 is 0 Å². The molecule has 0 aromatic heterocycles. The predicted octanol–water partition coefficient (Wildman–Crippen LogP) is 7.07. The molecule has 1 aromatic carbocycles. The van der Waals surface area contributed by atoms with E-state index in [2.05, 4.69) is 24.4 Å². The maximum absolute atomic E-state index is 12.0. The third kappa shape index (κ3) is 12.3. The van der Waals surface area contributed by atoms with Crippen molar-refractivity contribution >= 4 is 17.6 Å². The van der Waals surface area contributed by atoms with Crippen LogP contribution in [0.15, 0.2) is 30.4 Å². The van der Waals surface area contributed by atoms with E-state index in [-0.39, 0.29) is 17.2 Å². The fraction of sp³-hybridized carbons (Fsp3) is 0.600. The number of phenols is 1. The molecule has 5 nitrogen and oxygen atoms in total. The minimum atomic E-state index is -1.20. The Morgan fingerprint density at radius 2 is 1.43 bits per heavy atom. The first kappa shape index (κ1) is 25.7. The molecule has 0 spiro atoms. The molecule has 0 unspecified atom stereocenters. The van der Waals surface area contributed by atoms with Gasteiger partial charge in [-0.15, -0.1) is 0 Å². The van der Waals surface area contributed by atoms with Gasteiger partial charge < -0.3 is 15.5 Å². The van der Waals surface area contributed by atoms with Crippen molar-refractivity contribution in [3.05, 3.63) is 35.9 Å². The van der Waals surface area contributed by atoms with E-state index in [0.717, 1.165) is 25.7 Å². The number of nitrogens with one attached hydrogen (secondary N) is 1. The van der Waals surface area contributed by atoms with Crippen LogP contribution in [0.2, 0.25) is 0 Å². The summed E-state index contributed by atoms with van der Waals surface area (Å²) in [6, 6.07) is 4.04. The van der Waals surface area contributed by atoms with Crippen LogP contribution < -0.4 is 5.32 Å². The monoisotopic (exact) mass is 417 g/mol. The average Bonchev–Trinajstić information content (AvgIpc) is 2.70. The van der Waals surface area contributed by atoms with Crippen LogP contribution in [0.3, 0.4) is 0 Å². The van der Waals surface area contributed by atoms with Gasteiger partial charge in [0.05, 0.1) is 0 Å². The lowest BCUT2D eigenvalue weighted by Gasteiger charge is -2.07. The number of amides is 1. The van der Waals surface area contributed by atoms with Gasteiger partial charge in [0.1, 0.15) is 11.3 Å². The second-order valence-electron chi connectivity index (χ2n) is 7.92. The largest absolute Gasteiger partial charge is 0.507 e. The van der Waals surface area contributed by atoms with Crippen LogP contribution in [0, 0.1) is 0 Å². The number of aromatic hydroxyl groups is 1. The highest BCUT2D eigenvalue weighted by Crippen LogP contribution is 2.22. The van der Waals surface area contributed by atoms with E-state index in [1.54, 1.807) is 0 Å². The lowest BCUT2D eigenvalue weighted by atomic mass is 10.1. The number of anilines is 1. The summed E-state index contributed by atoms with van der Waals surface area (Å²) in [7, 11) is 0. The van der Waals surface area contributed by atoms with Gasteiger partial charge in [-0.1, -0.05) is 70.4 Å². The molecule has 0 heterocycles. The summed E-state index contributed by atoms with van der Waals surface area (Å²) in [6.45, 7) is 2.25. The molecule has 0 saturated heterocycles. The second kappa shape index (κ2) is 16.5. The van der Waals surface area contributed by atoms with Gasteiger partial charge in [0.15, 0.2) is 0 Å². The Hall–Kier alpha value is -2.30. The SMILES string of the molecule is CCCCCCCC/C=C\CCCCCCCC(=O)Nc1ccc(C(=O)O)c(O)c1. The van der Waals surface area contributed by atoms with Gasteiger partial charge in [0.25, 0.3) is 0 Å². The number of rotatable bonds is 17. The highest BCUT2D eigenvalue weighted by atomic mass is 16.4. The zero-order valence-corrected chi connectivity index (χ0v) is 18.5. The number of hydrogen-bond acceptors (Lipinski definition) is 3. The highest BCUT2D eigenvalue weighted by molar-refractivity contribution is 5.94. The van der Waals surface area contributed by atoms with Crippen LogP contribution in [0.25, 0.3) is 0 Å². The fourth-order valence-corrected chi connectivity index (χ4v) is 3.37. The molecule has 1 amide bonds. The number of carboxylic acid groups (broad SMARTS) is 1. The Bertz CT molecular complexity index is 655. The summed E-state index contributed by atoms with van der Waals surface area (Å²) in [6.07, 6.45) is 20.9. The normalized spacial score (nSPS) is 11.1. The molecule has 0 fully saturated rings. The Labute approximate surface area is 181 Å². The lowest BCUT2D eigenvalue weighted by Crippen LogP contribution is -2.11. The highest BCUT2D eigenvalue weighted by Gasteiger charge is 2.10. The Balaban J connectivity index is 1.99. The molecular formula is C25H39NO4. The maximum atomic E-state index is 12.0. The van der Waals surface area contributed by atoms with E-state index in [1.807, 2.05) is 0 Å². The fourth-order valence-electron chi connectivity index (χ4n) is 3.37. The summed E-state index contributed by atoms with van der Waals surface area (Å²) in [5, 5.41) is 21.2. The van der Waals surface area contributed by atoms with Crippen LogP contribution in [0.5, 0.6) is 5.75 Å². The molecule has 1 rings (SSSR count). The molecule has 0 aliphatic rings. The third-order valence-electron chi connectivity index (χ3n) is 5.18. The summed E-state index contributed by atoms with van der Waals surface area (Å²) >= 11 is 0. The van der Waals surface area contributed by atoms with Crippen molar-refractivity contribution in [2.75, 3.05) is 5.32 Å². The van der Waals surface area contributed by atoms with E-state index in [0.29, 0.717) is 12.1 Å². The van der Waals surface area contributed by atoms with Gasteiger partial charge in [-0.2, -0.15) is 0 Å². The second-order valence-corrected chi connectivity index (χ2v) is 7.92. The molecule has 1 aromatic rings. The summed E-state index contributed by atoms with van der Waals surface area (Å²) in [4.78, 5) is 22.8. The molecule has 0 aliphatic heterocycles. The Morgan fingerprint density at radius 3 is 2.00 bits per heavy atom. The lowest BCUT2D eigenvalue weighted by molar-refractivity contribution is -0.116. The molecule has 0 radical (unpaired) electrons. The summed E-state index contributed by atoms with van der Waals surface area (Å²) in [5.74, 6) is -1.66. The molecule has 0 atom stereocenters. The molecule has 0 aliphatic carbocycles. The van der Waals surface area contributed by atoms with Crippen molar-refractivity contribution in [2.45, 2.75) is 96.8 Å². The van der Waals surface area contributed by atoms with Crippen molar-refractivity contribution < 1.29 is 19.8 Å². The quantitative estimate of drug-likeness (QED) is 0.187.